The summed E-state index contributed by atoms with van der Waals surface area (Å²) >= 11 is 6.13. The number of nitrogens with zero attached hydrogens (tertiary/aromatic N) is 1. The Morgan fingerprint density at radius 3 is 2.68 bits per heavy atom. The normalized spacial score (nSPS) is 13.0. The standard InChI is InChI=1S/C18H18ClN3O5S/c1-2-27-18(24)21-20-17(23)13-7-8-14(19)16(11-13)28(25,26)22-10-9-12-5-3-4-6-15(12)22/h3-8,11H,2,9-10H2,1H3,(H,20,23)(H,21,24). The van der Waals surface area contributed by atoms with Crippen molar-refractivity contribution < 1.29 is 22.7 Å². The van der Waals surface area contributed by atoms with Crippen LogP contribution in [0.3, 0.4) is 0 Å². The van der Waals surface area contributed by atoms with Crippen LogP contribution in [0.15, 0.2) is 47.4 Å². The van der Waals surface area contributed by atoms with Gasteiger partial charge in [0.2, 0.25) is 0 Å². The maximum absolute atomic E-state index is 13.2. The predicted molar refractivity (Wildman–Crippen MR) is 104 cm³/mol. The maximum atomic E-state index is 13.2. The molecule has 1 aliphatic heterocycles. The molecule has 0 fully saturated rings. The maximum Gasteiger partial charge on any atom is 0.426 e. The zero-order valence-corrected chi connectivity index (χ0v) is 16.5. The molecule has 148 valence electrons. The largest absolute Gasteiger partial charge is 0.449 e. The van der Waals surface area contributed by atoms with Crippen LogP contribution in [-0.2, 0) is 21.2 Å². The van der Waals surface area contributed by atoms with Crippen LogP contribution in [0, 0.1) is 0 Å². The Labute approximate surface area is 167 Å². The fourth-order valence-corrected chi connectivity index (χ4v) is 4.87. The molecule has 2 amide bonds. The lowest BCUT2D eigenvalue weighted by Gasteiger charge is -2.20. The van der Waals surface area contributed by atoms with Gasteiger partial charge in [-0.15, -0.1) is 0 Å². The molecule has 1 aliphatic rings. The first-order valence-corrected chi connectivity index (χ1v) is 10.3. The number of carbonyl (C=O) groups is 2. The quantitative estimate of drug-likeness (QED) is 0.735. The van der Waals surface area contributed by atoms with Gasteiger partial charge in [0.05, 0.1) is 17.3 Å². The molecule has 0 spiro atoms. The van der Waals surface area contributed by atoms with Crippen molar-refractivity contribution in [2.75, 3.05) is 17.5 Å². The molecule has 2 aromatic carbocycles. The van der Waals surface area contributed by atoms with Gasteiger partial charge in [0.1, 0.15) is 4.90 Å². The molecule has 0 aromatic heterocycles. The van der Waals surface area contributed by atoms with Crippen LogP contribution < -0.4 is 15.2 Å². The molecule has 2 N–H and O–H groups in total. The lowest BCUT2D eigenvalue weighted by molar-refractivity contribution is 0.0912. The fraction of sp³-hybridized carbons (Fsp3) is 0.222. The van der Waals surface area contributed by atoms with E-state index in [-0.39, 0.29) is 22.1 Å². The number of rotatable bonds is 4. The highest BCUT2D eigenvalue weighted by molar-refractivity contribution is 7.93. The van der Waals surface area contributed by atoms with Crippen molar-refractivity contribution in [3.8, 4) is 0 Å². The number of halogens is 1. The molecule has 0 saturated heterocycles. The Balaban J connectivity index is 1.87. The number of hydrogen-bond donors (Lipinski definition) is 2. The van der Waals surface area contributed by atoms with E-state index in [1.54, 1.807) is 19.1 Å². The van der Waals surface area contributed by atoms with Gasteiger partial charge in [-0.1, -0.05) is 29.8 Å². The van der Waals surface area contributed by atoms with Gasteiger partial charge in [-0.3, -0.25) is 14.5 Å². The summed E-state index contributed by atoms with van der Waals surface area (Å²) < 4.78 is 32.2. The topological polar surface area (TPSA) is 105 Å². The fourth-order valence-electron chi connectivity index (χ4n) is 2.87. The molecule has 0 aliphatic carbocycles. The molecule has 0 radical (unpaired) electrons. The zero-order valence-electron chi connectivity index (χ0n) is 14.9. The van der Waals surface area contributed by atoms with Crippen LogP contribution >= 0.6 is 11.6 Å². The molecular formula is C18H18ClN3O5S. The number of hydrogen-bond acceptors (Lipinski definition) is 5. The molecule has 8 nitrogen and oxygen atoms in total. The second-order valence-corrected chi connectivity index (χ2v) is 8.14. The first-order valence-electron chi connectivity index (χ1n) is 8.48. The third-order valence-electron chi connectivity index (χ3n) is 4.16. The number of amides is 2. The van der Waals surface area contributed by atoms with Crippen molar-refractivity contribution in [1.82, 2.24) is 10.9 Å². The van der Waals surface area contributed by atoms with Crippen LogP contribution in [0.5, 0.6) is 0 Å². The summed E-state index contributed by atoms with van der Waals surface area (Å²) in [4.78, 5) is 23.3. The Hall–Kier alpha value is -2.78. The van der Waals surface area contributed by atoms with Crippen LogP contribution in [-0.4, -0.2) is 33.6 Å². The highest BCUT2D eigenvalue weighted by atomic mass is 35.5. The summed E-state index contributed by atoms with van der Waals surface area (Å²) in [5, 5.41) is -0.000664. The van der Waals surface area contributed by atoms with Gasteiger partial charge in [-0.25, -0.2) is 18.6 Å². The van der Waals surface area contributed by atoms with E-state index in [1.165, 1.54) is 22.5 Å². The molecule has 0 unspecified atom stereocenters. The molecule has 0 bridgehead atoms. The molecule has 2 aromatic rings. The SMILES string of the molecule is CCOC(=O)NNC(=O)c1ccc(Cl)c(S(=O)(=O)N2CCc3ccccc32)c1. The highest BCUT2D eigenvalue weighted by Crippen LogP contribution is 2.35. The predicted octanol–water partition coefficient (Wildman–Crippen LogP) is 2.48. The Morgan fingerprint density at radius 2 is 1.93 bits per heavy atom. The van der Waals surface area contributed by atoms with Crippen molar-refractivity contribution in [2.24, 2.45) is 0 Å². The van der Waals surface area contributed by atoms with Crippen molar-refractivity contribution in [1.29, 1.82) is 0 Å². The van der Waals surface area contributed by atoms with Crippen molar-refractivity contribution >= 4 is 39.3 Å². The molecule has 3 rings (SSSR count). The highest BCUT2D eigenvalue weighted by Gasteiger charge is 2.32. The van der Waals surface area contributed by atoms with Gasteiger partial charge < -0.3 is 4.74 Å². The Morgan fingerprint density at radius 1 is 1.18 bits per heavy atom. The minimum absolute atomic E-state index is 0.000664. The summed E-state index contributed by atoms with van der Waals surface area (Å²) in [6.45, 7) is 2.05. The van der Waals surface area contributed by atoms with E-state index in [9.17, 15) is 18.0 Å². The van der Waals surface area contributed by atoms with E-state index in [1.807, 2.05) is 12.1 Å². The number of para-hydroxylation sites is 1. The average molecular weight is 424 g/mol. The number of fused-ring (bicyclic) bond motifs is 1. The van der Waals surface area contributed by atoms with Gasteiger partial charge in [0.15, 0.2) is 0 Å². The third-order valence-corrected chi connectivity index (χ3v) is 6.45. The summed E-state index contributed by atoms with van der Waals surface area (Å²) in [6.07, 6.45) is -0.234. The Bertz CT molecular complexity index is 1030. The van der Waals surface area contributed by atoms with Crippen molar-refractivity contribution in [2.45, 2.75) is 18.2 Å². The van der Waals surface area contributed by atoms with Gasteiger partial charge in [-0.2, -0.15) is 0 Å². The number of hydrazine groups is 1. The molecule has 10 heteroatoms. The summed E-state index contributed by atoms with van der Waals surface area (Å²) in [5.41, 5.74) is 5.76. The number of sulfonamides is 1. The number of benzene rings is 2. The minimum atomic E-state index is -3.97. The second kappa shape index (κ2) is 8.07. The van der Waals surface area contributed by atoms with Crippen molar-refractivity contribution in [3.63, 3.8) is 0 Å². The van der Waals surface area contributed by atoms with Crippen LogP contribution in [0.2, 0.25) is 5.02 Å². The molecular weight excluding hydrogens is 406 g/mol. The van der Waals surface area contributed by atoms with Crippen molar-refractivity contribution in [3.05, 3.63) is 58.6 Å². The van der Waals surface area contributed by atoms with E-state index in [2.05, 4.69) is 15.6 Å². The number of anilines is 1. The zero-order chi connectivity index (χ0) is 20.3. The number of carbonyl (C=O) groups excluding carboxylic acids is 2. The number of nitrogens with one attached hydrogen (secondary N) is 2. The van der Waals surface area contributed by atoms with Gasteiger partial charge in [-0.05, 0) is 43.2 Å². The van der Waals surface area contributed by atoms with E-state index in [4.69, 9.17) is 11.6 Å². The van der Waals surface area contributed by atoms with Crippen LogP contribution in [0.4, 0.5) is 10.5 Å². The van der Waals surface area contributed by atoms with E-state index < -0.39 is 22.0 Å². The van der Waals surface area contributed by atoms with Gasteiger partial charge in [0, 0.05) is 12.1 Å². The molecule has 0 saturated carbocycles. The summed E-state index contributed by atoms with van der Waals surface area (Å²) in [7, 11) is -3.97. The second-order valence-electron chi connectivity index (χ2n) is 5.90. The third kappa shape index (κ3) is 3.90. The van der Waals surface area contributed by atoms with E-state index >= 15 is 0 Å². The lowest BCUT2D eigenvalue weighted by Crippen LogP contribution is -2.42. The smallest absolute Gasteiger partial charge is 0.426 e. The summed E-state index contributed by atoms with van der Waals surface area (Å²) in [5.74, 6) is -0.706. The first kappa shape index (κ1) is 20.0. The first-order chi connectivity index (χ1) is 13.3. The van der Waals surface area contributed by atoms with Gasteiger partial charge >= 0.3 is 6.09 Å². The lowest BCUT2D eigenvalue weighted by atomic mass is 10.2. The molecule has 1 heterocycles. The average Bonchev–Trinajstić information content (AvgIpc) is 3.11. The van der Waals surface area contributed by atoms with Gasteiger partial charge in [0.25, 0.3) is 15.9 Å². The van der Waals surface area contributed by atoms with Crippen LogP contribution in [0.25, 0.3) is 0 Å². The molecule has 0 atom stereocenters. The summed E-state index contributed by atoms with van der Waals surface area (Å²) in [6, 6.07) is 11.1. The molecule has 28 heavy (non-hydrogen) atoms. The monoisotopic (exact) mass is 423 g/mol. The Kier molecular flexibility index (Phi) is 5.76. The van der Waals surface area contributed by atoms with E-state index in [0.29, 0.717) is 18.7 Å². The van der Waals surface area contributed by atoms with Crippen LogP contribution in [0.1, 0.15) is 22.8 Å². The minimum Gasteiger partial charge on any atom is -0.449 e. The number of ether oxygens (including phenoxy) is 1. The van der Waals surface area contributed by atoms with E-state index in [0.717, 1.165) is 5.56 Å².